The van der Waals surface area contributed by atoms with E-state index < -0.39 is 5.97 Å². The number of para-hydroxylation sites is 1. The van der Waals surface area contributed by atoms with Crippen LogP contribution in [-0.2, 0) is 9.53 Å². The summed E-state index contributed by atoms with van der Waals surface area (Å²) in [5, 5.41) is 2.74. The summed E-state index contributed by atoms with van der Waals surface area (Å²) >= 11 is 0. The van der Waals surface area contributed by atoms with Crippen molar-refractivity contribution >= 4 is 11.9 Å². The molecule has 1 aromatic rings. The number of hydrogen-bond donors (Lipinski definition) is 1. The molecule has 0 heterocycles. The van der Waals surface area contributed by atoms with Crippen LogP contribution in [0.2, 0.25) is 0 Å². The SMILES string of the molecule is COc1ccccc1C(=O)OCC(=O)NC1CC1. The third-order valence-corrected chi connectivity index (χ3v) is 2.60. The van der Waals surface area contributed by atoms with E-state index in [0.717, 1.165) is 12.8 Å². The van der Waals surface area contributed by atoms with Gasteiger partial charge in [-0.1, -0.05) is 12.1 Å². The van der Waals surface area contributed by atoms with Crippen LogP contribution in [0.25, 0.3) is 0 Å². The van der Waals surface area contributed by atoms with Gasteiger partial charge in [-0.3, -0.25) is 4.79 Å². The van der Waals surface area contributed by atoms with E-state index in [9.17, 15) is 9.59 Å². The predicted molar refractivity (Wildman–Crippen MR) is 64.4 cm³/mol. The van der Waals surface area contributed by atoms with Gasteiger partial charge in [0.15, 0.2) is 6.61 Å². The normalized spacial score (nSPS) is 13.8. The lowest BCUT2D eigenvalue weighted by Crippen LogP contribution is -2.30. The Bertz CT molecular complexity index is 454. The maximum atomic E-state index is 11.7. The summed E-state index contributed by atoms with van der Waals surface area (Å²) < 4.78 is 9.98. The number of ether oxygens (including phenoxy) is 2. The summed E-state index contributed by atoms with van der Waals surface area (Å²) in [6, 6.07) is 7.00. The first-order chi connectivity index (χ1) is 8.70. The molecule has 0 aliphatic heterocycles. The number of benzene rings is 1. The second-order valence-corrected chi connectivity index (χ2v) is 4.12. The molecule has 1 aliphatic rings. The maximum absolute atomic E-state index is 11.7. The fourth-order valence-corrected chi connectivity index (χ4v) is 1.52. The Morgan fingerprint density at radius 1 is 1.33 bits per heavy atom. The monoisotopic (exact) mass is 249 g/mol. The molecule has 0 aromatic heterocycles. The smallest absolute Gasteiger partial charge is 0.342 e. The van der Waals surface area contributed by atoms with Crippen molar-refractivity contribution in [3.05, 3.63) is 29.8 Å². The fraction of sp³-hybridized carbons (Fsp3) is 0.385. The highest BCUT2D eigenvalue weighted by Crippen LogP contribution is 2.19. The average Bonchev–Trinajstić information content (AvgIpc) is 3.19. The Balaban J connectivity index is 1.88. The average molecular weight is 249 g/mol. The van der Waals surface area contributed by atoms with Crippen LogP contribution in [0.4, 0.5) is 0 Å². The maximum Gasteiger partial charge on any atom is 0.342 e. The zero-order chi connectivity index (χ0) is 13.0. The third-order valence-electron chi connectivity index (χ3n) is 2.60. The molecule has 5 nitrogen and oxygen atoms in total. The van der Waals surface area contributed by atoms with Gasteiger partial charge in [0, 0.05) is 6.04 Å². The zero-order valence-electron chi connectivity index (χ0n) is 10.1. The second kappa shape index (κ2) is 5.53. The first-order valence-corrected chi connectivity index (χ1v) is 5.80. The molecule has 1 N–H and O–H groups in total. The molecule has 5 heteroatoms. The Morgan fingerprint density at radius 3 is 2.72 bits per heavy atom. The standard InChI is InChI=1S/C13H15NO4/c1-17-11-5-3-2-4-10(11)13(16)18-8-12(15)14-9-6-7-9/h2-5,9H,6-8H2,1H3,(H,14,15). The molecule has 0 bridgehead atoms. The zero-order valence-corrected chi connectivity index (χ0v) is 10.1. The highest BCUT2D eigenvalue weighted by molar-refractivity contribution is 5.94. The summed E-state index contributed by atoms with van der Waals surface area (Å²) in [5.74, 6) is -0.385. The Hall–Kier alpha value is -2.04. The Kier molecular flexibility index (Phi) is 3.82. The van der Waals surface area contributed by atoms with E-state index in [4.69, 9.17) is 9.47 Å². The van der Waals surface area contributed by atoms with Gasteiger partial charge in [-0.05, 0) is 25.0 Å². The summed E-state index contributed by atoms with van der Waals surface area (Å²) in [4.78, 5) is 23.1. The first-order valence-electron chi connectivity index (χ1n) is 5.80. The van der Waals surface area contributed by atoms with Crippen LogP contribution in [0.3, 0.4) is 0 Å². The van der Waals surface area contributed by atoms with Crippen molar-refractivity contribution in [3.8, 4) is 5.75 Å². The minimum Gasteiger partial charge on any atom is -0.496 e. The van der Waals surface area contributed by atoms with Gasteiger partial charge in [0.25, 0.3) is 5.91 Å². The summed E-state index contributed by atoms with van der Waals surface area (Å²) in [7, 11) is 1.48. The molecule has 1 saturated carbocycles. The van der Waals surface area contributed by atoms with Crippen LogP contribution < -0.4 is 10.1 Å². The molecule has 0 radical (unpaired) electrons. The largest absolute Gasteiger partial charge is 0.496 e. The lowest BCUT2D eigenvalue weighted by atomic mass is 10.2. The summed E-state index contributed by atoms with van der Waals surface area (Å²) in [5.41, 5.74) is 0.319. The lowest BCUT2D eigenvalue weighted by Gasteiger charge is -2.08. The molecule has 0 spiro atoms. The van der Waals surface area contributed by atoms with Crippen molar-refractivity contribution in [1.82, 2.24) is 5.32 Å². The number of amides is 1. The molecule has 96 valence electrons. The molecule has 0 atom stereocenters. The minimum absolute atomic E-state index is 0.257. The highest BCUT2D eigenvalue weighted by atomic mass is 16.5. The molecule has 1 aromatic carbocycles. The molecular formula is C13H15NO4. The van der Waals surface area contributed by atoms with Gasteiger partial charge in [0.1, 0.15) is 11.3 Å². The van der Waals surface area contributed by atoms with Crippen LogP contribution in [0, 0.1) is 0 Å². The van der Waals surface area contributed by atoms with Gasteiger partial charge >= 0.3 is 5.97 Å². The van der Waals surface area contributed by atoms with Crippen LogP contribution in [0.5, 0.6) is 5.75 Å². The number of carbonyl (C=O) groups excluding carboxylic acids is 2. The molecule has 18 heavy (non-hydrogen) atoms. The van der Waals surface area contributed by atoms with Gasteiger partial charge in [-0.25, -0.2) is 4.79 Å². The quantitative estimate of drug-likeness (QED) is 0.794. The molecule has 0 saturated heterocycles. The number of carbonyl (C=O) groups is 2. The van der Waals surface area contributed by atoms with Crippen molar-refractivity contribution < 1.29 is 19.1 Å². The second-order valence-electron chi connectivity index (χ2n) is 4.12. The summed E-state index contributed by atoms with van der Waals surface area (Å²) in [6.07, 6.45) is 2.01. The van der Waals surface area contributed by atoms with Crippen molar-refractivity contribution in [2.75, 3.05) is 13.7 Å². The van der Waals surface area contributed by atoms with Gasteiger partial charge in [-0.15, -0.1) is 0 Å². The van der Waals surface area contributed by atoms with Gasteiger partial charge in [0.05, 0.1) is 7.11 Å². The summed E-state index contributed by atoms with van der Waals surface area (Å²) in [6.45, 7) is -0.257. The van der Waals surface area contributed by atoms with Crippen molar-refractivity contribution in [3.63, 3.8) is 0 Å². The fourth-order valence-electron chi connectivity index (χ4n) is 1.52. The number of methoxy groups -OCH3 is 1. The first kappa shape index (κ1) is 12.4. The van der Waals surface area contributed by atoms with Crippen molar-refractivity contribution in [2.24, 2.45) is 0 Å². The van der Waals surface area contributed by atoms with Crippen molar-refractivity contribution in [1.29, 1.82) is 0 Å². The van der Waals surface area contributed by atoms with E-state index in [1.165, 1.54) is 7.11 Å². The molecule has 1 fully saturated rings. The highest BCUT2D eigenvalue weighted by Gasteiger charge is 2.24. The van der Waals surface area contributed by atoms with Crippen LogP contribution >= 0.6 is 0 Å². The lowest BCUT2D eigenvalue weighted by molar-refractivity contribution is -0.124. The topological polar surface area (TPSA) is 64.6 Å². The van der Waals surface area contributed by atoms with Gasteiger partial charge in [-0.2, -0.15) is 0 Å². The Morgan fingerprint density at radius 2 is 2.06 bits per heavy atom. The molecule has 1 aliphatic carbocycles. The molecular weight excluding hydrogens is 234 g/mol. The van der Waals surface area contributed by atoms with E-state index in [0.29, 0.717) is 11.3 Å². The number of hydrogen-bond acceptors (Lipinski definition) is 4. The van der Waals surface area contributed by atoms with Crippen LogP contribution in [0.1, 0.15) is 23.2 Å². The van der Waals surface area contributed by atoms with Crippen molar-refractivity contribution in [2.45, 2.75) is 18.9 Å². The molecule has 0 unspecified atom stereocenters. The number of nitrogens with one attached hydrogen (secondary N) is 1. The predicted octanol–water partition coefficient (Wildman–Crippen LogP) is 1.13. The number of rotatable bonds is 5. The van der Waals surface area contributed by atoms with E-state index in [1.54, 1.807) is 24.3 Å². The molecule has 2 rings (SSSR count). The van der Waals surface area contributed by atoms with Gasteiger partial charge in [0.2, 0.25) is 0 Å². The van der Waals surface area contributed by atoms with Gasteiger partial charge < -0.3 is 14.8 Å². The van der Waals surface area contributed by atoms with E-state index in [-0.39, 0.29) is 18.6 Å². The Labute approximate surface area is 105 Å². The van der Waals surface area contributed by atoms with E-state index in [1.807, 2.05) is 0 Å². The third kappa shape index (κ3) is 3.23. The molecule has 1 amide bonds. The minimum atomic E-state index is -0.557. The van der Waals surface area contributed by atoms with E-state index >= 15 is 0 Å². The number of esters is 1. The van der Waals surface area contributed by atoms with Crippen LogP contribution in [0.15, 0.2) is 24.3 Å². The van der Waals surface area contributed by atoms with Crippen LogP contribution in [-0.4, -0.2) is 31.6 Å². The van der Waals surface area contributed by atoms with E-state index in [2.05, 4.69) is 5.32 Å².